The van der Waals surface area contributed by atoms with Gasteiger partial charge in [0.2, 0.25) is 0 Å². The molecule has 2 aromatic heterocycles. The highest BCUT2D eigenvalue weighted by Gasteiger charge is 2.17. The van der Waals surface area contributed by atoms with E-state index in [4.69, 9.17) is 4.74 Å². The van der Waals surface area contributed by atoms with E-state index < -0.39 is 5.97 Å². The summed E-state index contributed by atoms with van der Waals surface area (Å²) in [6.07, 6.45) is 6.75. The number of rotatable bonds is 8. The van der Waals surface area contributed by atoms with Crippen molar-refractivity contribution in [1.29, 1.82) is 0 Å². The third-order valence-electron chi connectivity index (χ3n) is 4.58. The van der Waals surface area contributed by atoms with Crippen molar-refractivity contribution in [3.8, 4) is 11.1 Å². The summed E-state index contributed by atoms with van der Waals surface area (Å²) in [5.74, 6) is -1.41. The van der Waals surface area contributed by atoms with Crippen LogP contribution in [0.25, 0.3) is 11.1 Å². The highest BCUT2D eigenvalue weighted by Crippen LogP contribution is 2.28. The lowest BCUT2D eigenvalue weighted by Gasteiger charge is -2.17. The molecule has 0 radical (unpaired) electrons. The molecule has 1 unspecified atom stereocenters. The number of ether oxygens (including phenoxy) is 1. The Labute approximate surface area is 176 Å². The minimum absolute atomic E-state index is 0.153. The predicted octanol–water partition coefficient (Wildman–Crippen LogP) is 4.80. The lowest BCUT2D eigenvalue weighted by Crippen LogP contribution is -2.12. The molecule has 1 atom stereocenters. The van der Waals surface area contributed by atoms with Gasteiger partial charge in [-0.2, -0.15) is 0 Å². The molecule has 0 amide bonds. The molecule has 0 bridgehead atoms. The van der Waals surface area contributed by atoms with Crippen LogP contribution in [0.4, 0.5) is 4.39 Å². The van der Waals surface area contributed by atoms with E-state index in [1.54, 1.807) is 49.1 Å². The van der Waals surface area contributed by atoms with E-state index in [-0.39, 0.29) is 24.1 Å². The second kappa shape index (κ2) is 8.98. The Morgan fingerprint density at radius 3 is 2.70 bits per heavy atom. The molecule has 8 heteroatoms. The predicted molar refractivity (Wildman–Crippen MR) is 111 cm³/mol. The highest BCUT2D eigenvalue weighted by molar-refractivity contribution is 7.09. The molecule has 0 spiro atoms. The number of thiazole rings is 1. The molecule has 0 saturated carbocycles. The van der Waals surface area contributed by atoms with Crippen molar-refractivity contribution in [2.45, 2.75) is 19.3 Å². The molecule has 4 aromatic rings. The molecular formula is C22H18FN3O3S. The molecular weight excluding hydrogens is 405 g/mol. The van der Waals surface area contributed by atoms with Crippen LogP contribution in [0.2, 0.25) is 0 Å². The average Bonchev–Trinajstić information content (AvgIpc) is 3.45. The monoisotopic (exact) mass is 423 g/mol. The number of imidazole rings is 1. The van der Waals surface area contributed by atoms with Crippen LogP contribution in [0.5, 0.6) is 0 Å². The number of benzene rings is 2. The molecule has 30 heavy (non-hydrogen) atoms. The van der Waals surface area contributed by atoms with Crippen molar-refractivity contribution < 1.29 is 19.0 Å². The second-order valence-corrected chi connectivity index (χ2v) is 7.55. The van der Waals surface area contributed by atoms with Gasteiger partial charge in [0.15, 0.2) is 0 Å². The maximum absolute atomic E-state index is 13.3. The lowest BCUT2D eigenvalue weighted by molar-refractivity contribution is 0.0278. The minimum Gasteiger partial charge on any atom is -0.478 e. The Morgan fingerprint density at radius 2 is 2.03 bits per heavy atom. The van der Waals surface area contributed by atoms with E-state index in [0.717, 1.165) is 10.6 Å². The molecule has 0 saturated heterocycles. The Morgan fingerprint density at radius 1 is 1.20 bits per heavy atom. The average molecular weight is 423 g/mol. The molecule has 2 heterocycles. The van der Waals surface area contributed by atoms with Crippen LogP contribution >= 0.6 is 11.3 Å². The number of carboxylic acids is 1. The maximum Gasteiger partial charge on any atom is 0.336 e. The zero-order chi connectivity index (χ0) is 20.9. The zero-order valence-corrected chi connectivity index (χ0v) is 16.6. The molecule has 2 aromatic carbocycles. The van der Waals surface area contributed by atoms with Gasteiger partial charge < -0.3 is 14.4 Å². The van der Waals surface area contributed by atoms with Crippen LogP contribution in [-0.4, -0.2) is 25.6 Å². The topological polar surface area (TPSA) is 77.2 Å². The molecule has 0 aliphatic heterocycles. The first-order valence-electron chi connectivity index (χ1n) is 9.19. The van der Waals surface area contributed by atoms with Crippen molar-refractivity contribution in [2.75, 3.05) is 0 Å². The number of hydrogen-bond donors (Lipinski definition) is 1. The second-order valence-electron chi connectivity index (χ2n) is 6.62. The number of carbonyl (C=O) groups is 1. The quantitative estimate of drug-likeness (QED) is 0.440. The molecule has 1 N–H and O–H groups in total. The van der Waals surface area contributed by atoms with Crippen molar-refractivity contribution >= 4 is 17.3 Å². The van der Waals surface area contributed by atoms with E-state index in [1.807, 2.05) is 16.1 Å². The Bertz CT molecular complexity index is 1110. The Hall–Kier alpha value is -3.36. The summed E-state index contributed by atoms with van der Waals surface area (Å²) >= 11 is 1.51. The zero-order valence-electron chi connectivity index (χ0n) is 15.8. The summed E-state index contributed by atoms with van der Waals surface area (Å²) in [4.78, 5) is 20.1. The summed E-state index contributed by atoms with van der Waals surface area (Å²) in [7, 11) is 0. The van der Waals surface area contributed by atoms with Crippen LogP contribution in [0.15, 0.2) is 72.8 Å². The smallest absolute Gasteiger partial charge is 0.336 e. The third-order valence-corrected chi connectivity index (χ3v) is 5.45. The van der Waals surface area contributed by atoms with Gasteiger partial charge in [-0.05, 0) is 41.0 Å². The Kier molecular flexibility index (Phi) is 5.97. The van der Waals surface area contributed by atoms with Gasteiger partial charge in [0, 0.05) is 24.0 Å². The van der Waals surface area contributed by atoms with E-state index in [2.05, 4.69) is 9.97 Å². The number of aromatic nitrogens is 3. The third kappa shape index (κ3) is 4.61. The van der Waals surface area contributed by atoms with Gasteiger partial charge in [0.05, 0.1) is 25.0 Å². The van der Waals surface area contributed by atoms with E-state index >= 15 is 0 Å². The van der Waals surface area contributed by atoms with Gasteiger partial charge in [-0.1, -0.05) is 18.2 Å². The van der Waals surface area contributed by atoms with Crippen molar-refractivity contribution in [2.24, 2.45) is 0 Å². The van der Waals surface area contributed by atoms with Crippen LogP contribution in [-0.2, 0) is 17.9 Å². The van der Waals surface area contributed by atoms with Gasteiger partial charge in [-0.3, -0.25) is 0 Å². The fourth-order valence-electron chi connectivity index (χ4n) is 3.11. The number of aromatic carboxylic acids is 1. The van der Waals surface area contributed by atoms with E-state index in [0.29, 0.717) is 17.7 Å². The van der Waals surface area contributed by atoms with Crippen molar-refractivity contribution in [3.05, 3.63) is 94.7 Å². The largest absolute Gasteiger partial charge is 0.478 e. The molecule has 152 valence electrons. The summed E-state index contributed by atoms with van der Waals surface area (Å²) in [5, 5.41) is 12.3. The first kappa shape index (κ1) is 19.9. The Balaban J connectivity index is 1.58. The summed E-state index contributed by atoms with van der Waals surface area (Å²) in [6, 6.07) is 10.8. The highest BCUT2D eigenvalue weighted by atomic mass is 32.1. The molecule has 0 fully saturated rings. The fourth-order valence-corrected chi connectivity index (χ4v) is 3.79. The summed E-state index contributed by atoms with van der Waals surface area (Å²) in [5.41, 5.74) is 2.11. The summed E-state index contributed by atoms with van der Waals surface area (Å²) < 4.78 is 21.4. The number of halogens is 1. The van der Waals surface area contributed by atoms with E-state index in [9.17, 15) is 14.3 Å². The number of hydrogen-bond acceptors (Lipinski definition) is 5. The van der Waals surface area contributed by atoms with Gasteiger partial charge in [-0.25, -0.2) is 19.2 Å². The van der Waals surface area contributed by atoms with Crippen LogP contribution < -0.4 is 0 Å². The SMILES string of the molecule is O=C(O)c1ccc(COC(Cn2ccnc2)c2nccs2)cc1-c1ccc(F)cc1. The lowest BCUT2D eigenvalue weighted by atomic mass is 9.97. The summed E-state index contributed by atoms with van der Waals surface area (Å²) in [6.45, 7) is 0.832. The number of nitrogens with zero attached hydrogens (tertiary/aromatic N) is 3. The number of carboxylic acid groups (broad SMARTS) is 1. The van der Waals surface area contributed by atoms with E-state index in [1.165, 1.54) is 23.5 Å². The van der Waals surface area contributed by atoms with Gasteiger partial charge in [0.25, 0.3) is 0 Å². The van der Waals surface area contributed by atoms with Crippen molar-refractivity contribution in [3.63, 3.8) is 0 Å². The molecule has 0 aliphatic carbocycles. The minimum atomic E-state index is -1.04. The van der Waals surface area contributed by atoms with Gasteiger partial charge in [0.1, 0.15) is 16.9 Å². The first-order valence-corrected chi connectivity index (χ1v) is 10.1. The van der Waals surface area contributed by atoms with Crippen LogP contribution in [0, 0.1) is 5.82 Å². The van der Waals surface area contributed by atoms with Crippen LogP contribution in [0.3, 0.4) is 0 Å². The van der Waals surface area contributed by atoms with Crippen molar-refractivity contribution in [1.82, 2.24) is 14.5 Å². The first-order chi connectivity index (χ1) is 14.6. The van der Waals surface area contributed by atoms with Gasteiger partial charge >= 0.3 is 5.97 Å². The molecule has 0 aliphatic rings. The molecule has 6 nitrogen and oxygen atoms in total. The van der Waals surface area contributed by atoms with Gasteiger partial charge in [-0.15, -0.1) is 11.3 Å². The van der Waals surface area contributed by atoms with Crippen LogP contribution in [0.1, 0.15) is 27.0 Å². The molecule has 4 rings (SSSR count). The fraction of sp³-hybridized carbons (Fsp3) is 0.136. The maximum atomic E-state index is 13.3. The standard InChI is InChI=1S/C22H18FN3O3S/c23-17-4-2-16(3-5-17)19-11-15(1-6-18(19)22(27)28)13-29-20(21-25-8-10-30-21)12-26-9-7-24-14-26/h1-11,14,20H,12-13H2,(H,27,28). The normalized spacial score (nSPS) is 12.0.